The second-order valence-electron chi connectivity index (χ2n) is 1.29. The third kappa shape index (κ3) is 1.57. The first kappa shape index (κ1) is 6.91. The minimum Gasteiger partial charge on any atom is -0.412 e. The van der Waals surface area contributed by atoms with Crippen LogP contribution < -0.4 is 5.73 Å². The van der Waals surface area contributed by atoms with Crippen molar-refractivity contribution in [3.05, 3.63) is 24.5 Å². The van der Waals surface area contributed by atoms with Gasteiger partial charge in [-0.15, -0.1) is 0 Å². The van der Waals surface area contributed by atoms with E-state index in [2.05, 4.69) is 4.98 Å². The van der Waals surface area contributed by atoms with Gasteiger partial charge in [0.1, 0.15) is 0 Å². The van der Waals surface area contributed by atoms with E-state index in [1.807, 2.05) is 0 Å². The molecule has 0 amide bonds. The first-order valence-corrected chi connectivity index (χ1v) is 2.05. The van der Waals surface area contributed by atoms with Crippen LogP contribution in [-0.4, -0.2) is 10.5 Å². The second-order valence-corrected chi connectivity index (χ2v) is 1.29. The monoisotopic (exact) mass is 112 g/mol. The number of hydrogen-bond acceptors (Lipinski definition) is 2. The van der Waals surface area contributed by atoms with Gasteiger partial charge in [0.25, 0.3) is 0 Å². The fourth-order valence-corrected chi connectivity index (χ4v) is 0.376. The molecule has 1 aromatic heterocycles. The van der Waals surface area contributed by atoms with Crippen LogP contribution in [0.4, 0.5) is 5.69 Å². The van der Waals surface area contributed by atoms with Crippen molar-refractivity contribution in [3.8, 4) is 0 Å². The van der Waals surface area contributed by atoms with Gasteiger partial charge >= 0.3 is 0 Å². The SMILES string of the molecule is Nc1cccnc1.O. The molecule has 0 fully saturated rings. The van der Waals surface area contributed by atoms with Crippen LogP contribution in [0.5, 0.6) is 0 Å². The smallest absolute Gasteiger partial charge is 0.0500 e. The molecule has 1 rings (SSSR count). The Labute approximate surface area is 47.5 Å². The fourth-order valence-electron chi connectivity index (χ4n) is 0.376. The average Bonchev–Trinajstić information content (AvgIpc) is 1.69. The summed E-state index contributed by atoms with van der Waals surface area (Å²) in [6, 6.07) is 3.60. The summed E-state index contributed by atoms with van der Waals surface area (Å²) in [6.07, 6.45) is 3.30. The minimum atomic E-state index is 0. The molecule has 0 aliphatic carbocycles. The lowest BCUT2D eigenvalue weighted by atomic mass is 10.4. The van der Waals surface area contributed by atoms with E-state index in [1.54, 1.807) is 24.5 Å². The number of nitrogens with zero attached hydrogens (tertiary/aromatic N) is 1. The van der Waals surface area contributed by atoms with Crippen molar-refractivity contribution in [3.63, 3.8) is 0 Å². The molecule has 3 nitrogen and oxygen atoms in total. The summed E-state index contributed by atoms with van der Waals surface area (Å²) in [5, 5.41) is 0. The van der Waals surface area contributed by atoms with Crippen LogP contribution in [0.1, 0.15) is 0 Å². The van der Waals surface area contributed by atoms with Crippen molar-refractivity contribution in [1.29, 1.82) is 0 Å². The molecule has 8 heavy (non-hydrogen) atoms. The largest absolute Gasteiger partial charge is 0.412 e. The summed E-state index contributed by atoms with van der Waals surface area (Å²) in [5.41, 5.74) is 6.01. The molecule has 1 aromatic rings. The highest BCUT2D eigenvalue weighted by molar-refractivity contribution is 5.32. The molecule has 3 heteroatoms. The third-order valence-corrected chi connectivity index (χ3v) is 0.684. The van der Waals surface area contributed by atoms with Crippen LogP contribution in [0.3, 0.4) is 0 Å². The molecule has 0 radical (unpaired) electrons. The van der Waals surface area contributed by atoms with Crippen LogP contribution in [0.25, 0.3) is 0 Å². The van der Waals surface area contributed by atoms with Gasteiger partial charge in [0.2, 0.25) is 0 Å². The number of aromatic nitrogens is 1. The standard InChI is InChI=1S/C5H6N2.H2O/c6-5-2-1-3-7-4-5;/h1-4H,6H2;1H2. The van der Waals surface area contributed by atoms with Gasteiger partial charge < -0.3 is 11.2 Å². The van der Waals surface area contributed by atoms with Crippen molar-refractivity contribution >= 4 is 5.69 Å². The van der Waals surface area contributed by atoms with Crippen LogP contribution in [0, 0.1) is 0 Å². The normalized spacial score (nSPS) is 7.50. The van der Waals surface area contributed by atoms with Gasteiger partial charge in [-0.3, -0.25) is 4.98 Å². The van der Waals surface area contributed by atoms with Gasteiger partial charge in [-0.1, -0.05) is 0 Å². The average molecular weight is 112 g/mol. The van der Waals surface area contributed by atoms with Crippen LogP contribution in [-0.2, 0) is 0 Å². The van der Waals surface area contributed by atoms with Crippen LogP contribution in [0.15, 0.2) is 24.5 Å². The van der Waals surface area contributed by atoms with E-state index < -0.39 is 0 Å². The molecule has 0 aromatic carbocycles. The number of anilines is 1. The molecule has 44 valence electrons. The van der Waals surface area contributed by atoms with Crippen molar-refractivity contribution in [1.82, 2.24) is 4.98 Å². The highest BCUT2D eigenvalue weighted by atomic mass is 16.0. The quantitative estimate of drug-likeness (QED) is 0.506. The van der Waals surface area contributed by atoms with E-state index in [9.17, 15) is 0 Å². The molecule has 0 atom stereocenters. The highest BCUT2D eigenvalue weighted by Gasteiger charge is 1.73. The number of rotatable bonds is 0. The van der Waals surface area contributed by atoms with Crippen molar-refractivity contribution in [2.45, 2.75) is 0 Å². The lowest BCUT2D eigenvalue weighted by Gasteiger charge is -1.83. The predicted octanol–water partition coefficient (Wildman–Crippen LogP) is -0.161. The maximum atomic E-state index is 5.30. The van der Waals surface area contributed by atoms with E-state index in [-0.39, 0.29) is 5.48 Å². The lowest BCUT2D eigenvalue weighted by Crippen LogP contribution is -1.82. The van der Waals surface area contributed by atoms with E-state index in [0.717, 1.165) is 0 Å². The van der Waals surface area contributed by atoms with Crippen molar-refractivity contribution in [2.24, 2.45) is 0 Å². The predicted molar refractivity (Wildman–Crippen MR) is 32.3 cm³/mol. The Morgan fingerprint density at radius 2 is 2.25 bits per heavy atom. The fraction of sp³-hybridized carbons (Fsp3) is 0. The van der Waals surface area contributed by atoms with E-state index in [4.69, 9.17) is 5.73 Å². The Hall–Kier alpha value is -1.09. The maximum Gasteiger partial charge on any atom is 0.0500 e. The zero-order chi connectivity index (χ0) is 5.11. The van der Waals surface area contributed by atoms with Crippen molar-refractivity contribution < 1.29 is 5.48 Å². The molecular weight excluding hydrogens is 104 g/mol. The lowest BCUT2D eigenvalue weighted by molar-refractivity contribution is 0.824. The summed E-state index contributed by atoms with van der Waals surface area (Å²) in [4.78, 5) is 3.76. The summed E-state index contributed by atoms with van der Waals surface area (Å²) >= 11 is 0. The Bertz CT molecular complexity index is 140. The Morgan fingerprint density at radius 1 is 1.50 bits per heavy atom. The highest BCUT2D eigenvalue weighted by Crippen LogP contribution is 1.92. The molecule has 0 spiro atoms. The summed E-state index contributed by atoms with van der Waals surface area (Å²) < 4.78 is 0. The molecule has 1 heterocycles. The summed E-state index contributed by atoms with van der Waals surface area (Å²) in [6.45, 7) is 0. The van der Waals surface area contributed by atoms with Gasteiger partial charge in [0.15, 0.2) is 0 Å². The zero-order valence-electron chi connectivity index (χ0n) is 4.33. The first-order chi connectivity index (χ1) is 3.39. The molecular formula is C5H8N2O. The Kier molecular flexibility index (Phi) is 2.58. The number of nitrogens with two attached hydrogens (primary N) is 1. The van der Waals surface area contributed by atoms with Gasteiger partial charge in [-0.05, 0) is 12.1 Å². The maximum absolute atomic E-state index is 5.30. The second kappa shape index (κ2) is 2.98. The van der Waals surface area contributed by atoms with Gasteiger partial charge in [0, 0.05) is 12.4 Å². The van der Waals surface area contributed by atoms with Gasteiger partial charge in [-0.25, -0.2) is 0 Å². The van der Waals surface area contributed by atoms with Crippen molar-refractivity contribution in [2.75, 3.05) is 5.73 Å². The molecule has 0 saturated carbocycles. The summed E-state index contributed by atoms with van der Waals surface area (Å²) in [7, 11) is 0. The first-order valence-electron chi connectivity index (χ1n) is 2.05. The number of hydrogen-bond donors (Lipinski definition) is 1. The topological polar surface area (TPSA) is 70.4 Å². The molecule has 0 saturated heterocycles. The van der Waals surface area contributed by atoms with Gasteiger partial charge in [-0.2, -0.15) is 0 Å². The van der Waals surface area contributed by atoms with Crippen LogP contribution >= 0.6 is 0 Å². The number of pyridine rings is 1. The minimum absolute atomic E-state index is 0. The van der Waals surface area contributed by atoms with Crippen LogP contribution in [0.2, 0.25) is 0 Å². The van der Waals surface area contributed by atoms with E-state index in [1.165, 1.54) is 0 Å². The molecule has 4 N–H and O–H groups in total. The van der Waals surface area contributed by atoms with E-state index in [0.29, 0.717) is 5.69 Å². The van der Waals surface area contributed by atoms with Gasteiger partial charge in [0.05, 0.1) is 5.69 Å². The Morgan fingerprint density at radius 3 is 2.50 bits per heavy atom. The summed E-state index contributed by atoms with van der Waals surface area (Å²) in [5.74, 6) is 0. The molecule has 0 aliphatic heterocycles. The molecule has 0 unspecified atom stereocenters. The molecule has 0 aliphatic rings. The third-order valence-electron chi connectivity index (χ3n) is 0.684. The molecule has 0 bridgehead atoms. The van der Waals surface area contributed by atoms with E-state index >= 15 is 0 Å². The number of nitrogen functional groups attached to an aromatic ring is 1. The Balaban J connectivity index is 0.000000490. The zero-order valence-corrected chi connectivity index (χ0v) is 4.33.